The maximum atomic E-state index is 13.6. The van der Waals surface area contributed by atoms with E-state index in [1.54, 1.807) is 0 Å². The molecule has 1 aromatic heterocycles. The van der Waals surface area contributed by atoms with E-state index in [1.807, 2.05) is 0 Å². The average molecular weight is 595 g/mol. The van der Waals surface area contributed by atoms with Crippen molar-refractivity contribution >= 4 is 11.0 Å². The van der Waals surface area contributed by atoms with Crippen molar-refractivity contribution < 1.29 is 69.3 Å². The Kier molecular flexibility index (Phi) is 8.30. The van der Waals surface area contributed by atoms with Crippen LogP contribution < -0.4 is 10.2 Å². The molecule has 9 N–H and O–H groups in total. The van der Waals surface area contributed by atoms with Gasteiger partial charge in [0.25, 0.3) is 0 Å². The van der Waals surface area contributed by atoms with Gasteiger partial charge in [-0.25, -0.2) is 0 Å². The van der Waals surface area contributed by atoms with Crippen LogP contribution in [-0.2, 0) is 14.2 Å². The monoisotopic (exact) mass is 594 g/mol. The molecule has 2 saturated heterocycles. The highest BCUT2D eigenvalue weighted by atomic mass is 16.7. The fourth-order valence-corrected chi connectivity index (χ4v) is 4.83. The van der Waals surface area contributed by atoms with Crippen molar-refractivity contribution in [2.75, 3.05) is 6.61 Å². The Hall–Kier alpha value is -3.51. The summed E-state index contributed by atoms with van der Waals surface area (Å²) in [6.45, 7) is 0.850. The van der Waals surface area contributed by atoms with Gasteiger partial charge in [0.15, 0.2) is 12.1 Å². The summed E-state index contributed by atoms with van der Waals surface area (Å²) in [5.74, 6) is -2.45. The van der Waals surface area contributed by atoms with Crippen molar-refractivity contribution in [2.45, 2.75) is 68.3 Å². The van der Waals surface area contributed by atoms with Crippen LogP contribution in [0.1, 0.15) is 6.92 Å². The predicted octanol–water partition coefficient (Wildman–Crippen LogP) is -1.39. The third kappa shape index (κ3) is 5.37. The molecule has 0 radical (unpaired) electrons. The molecule has 2 fully saturated rings. The number of aliphatic hydroxyl groups is 6. The van der Waals surface area contributed by atoms with Gasteiger partial charge in [-0.1, -0.05) is 12.1 Å². The van der Waals surface area contributed by atoms with Crippen molar-refractivity contribution in [2.24, 2.45) is 0 Å². The molecule has 3 heterocycles. The van der Waals surface area contributed by atoms with Crippen LogP contribution in [0, 0.1) is 0 Å². The summed E-state index contributed by atoms with van der Waals surface area (Å²) in [5.41, 5.74) is -1.29. The van der Waals surface area contributed by atoms with Crippen LogP contribution >= 0.6 is 0 Å². The number of para-hydroxylation sites is 1. The Morgan fingerprint density at radius 1 is 0.786 bits per heavy atom. The van der Waals surface area contributed by atoms with E-state index < -0.39 is 96.1 Å². The second kappa shape index (κ2) is 11.6. The summed E-state index contributed by atoms with van der Waals surface area (Å²) < 4.78 is 27.9. The standard InChI is InChI=1S/C27H30O15/c1-9-17(31)20(34)22(36)26(39-9)38-8-15-18(32)21(35)23(37)27(41-15)42-25-19(33)16-13(30)6-10(28)7-14(16)40-24(25)11-4-2-3-5-12(11)29/h2-7,9,15,17-18,20-23,26-32,34-37H,8H2,1H3/t9-,15-,17-,18-,20+,21+,22+,23-,26+,27+/m1/s1. The van der Waals surface area contributed by atoms with Crippen LogP contribution in [0.5, 0.6) is 23.0 Å². The zero-order valence-electron chi connectivity index (χ0n) is 21.9. The molecule has 0 saturated carbocycles. The number of phenolic OH excluding ortho intramolecular Hbond substituents is 3. The Bertz CT molecular complexity index is 1490. The van der Waals surface area contributed by atoms with Crippen molar-refractivity contribution in [3.8, 4) is 34.3 Å². The first-order chi connectivity index (χ1) is 19.9. The van der Waals surface area contributed by atoms with Gasteiger partial charge in [0.2, 0.25) is 17.5 Å². The second-order valence-electron chi connectivity index (χ2n) is 10.1. The van der Waals surface area contributed by atoms with Crippen LogP contribution in [0.15, 0.2) is 45.6 Å². The molecule has 2 aliphatic rings. The number of fused-ring (bicyclic) bond motifs is 1. The molecule has 3 aromatic rings. The van der Waals surface area contributed by atoms with E-state index in [1.165, 1.54) is 31.2 Å². The number of hydrogen-bond donors (Lipinski definition) is 9. The SMILES string of the molecule is C[C@H]1O[C@H](OC[C@H]2O[C@@H](Oc3c(-c4ccccc4O)oc4cc(O)cc(O)c4c3=O)[C@H](O)[C@@H](O)[C@@H]2O)[C@@H](O)[C@@H](O)[C@@H]1O. The topological polar surface area (TPSA) is 249 Å². The van der Waals surface area contributed by atoms with Crippen LogP contribution in [-0.4, -0.2) is 114 Å². The van der Waals surface area contributed by atoms with E-state index in [4.69, 9.17) is 23.4 Å². The number of benzene rings is 2. The van der Waals surface area contributed by atoms with Gasteiger partial charge in [0.1, 0.15) is 70.9 Å². The summed E-state index contributed by atoms with van der Waals surface area (Å²) >= 11 is 0. The Morgan fingerprint density at radius 3 is 2.17 bits per heavy atom. The number of aliphatic hydroxyl groups excluding tert-OH is 6. The number of phenols is 3. The molecule has 42 heavy (non-hydrogen) atoms. The summed E-state index contributed by atoms with van der Waals surface area (Å²) in [5, 5.41) is 92.1. The molecule has 0 unspecified atom stereocenters. The van der Waals surface area contributed by atoms with E-state index in [0.29, 0.717) is 0 Å². The Balaban J connectivity index is 1.47. The molecule has 15 heteroatoms. The van der Waals surface area contributed by atoms with Crippen molar-refractivity contribution in [3.05, 3.63) is 46.6 Å². The van der Waals surface area contributed by atoms with E-state index in [-0.39, 0.29) is 22.7 Å². The fourth-order valence-electron chi connectivity index (χ4n) is 4.83. The molecule has 0 spiro atoms. The van der Waals surface area contributed by atoms with E-state index in [9.17, 15) is 50.8 Å². The van der Waals surface area contributed by atoms with Crippen molar-refractivity contribution in [1.82, 2.24) is 0 Å². The van der Waals surface area contributed by atoms with Gasteiger partial charge in [0.05, 0.1) is 18.3 Å². The lowest BCUT2D eigenvalue weighted by Gasteiger charge is -2.42. The second-order valence-corrected chi connectivity index (χ2v) is 10.1. The minimum absolute atomic E-state index is 0.0431. The Morgan fingerprint density at radius 2 is 1.45 bits per heavy atom. The van der Waals surface area contributed by atoms with E-state index in [2.05, 4.69) is 0 Å². The number of rotatable bonds is 6. The number of ether oxygens (including phenoxy) is 4. The molecule has 2 aromatic carbocycles. The summed E-state index contributed by atoms with van der Waals surface area (Å²) in [4.78, 5) is 13.6. The van der Waals surface area contributed by atoms with E-state index in [0.717, 1.165) is 12.1 Å². The highest BCUT2D eigenvalue weighted by Gasteiger charge is 2.47. The minimum atomic E-state index is -1.94. The van der Waals surface area contributed by atoms with Gasteiger partial charge in [0, 0.05) is 12.1 Å². The van der Waals surface area contributed by atoms with Crippen LogP contribution in [0.2, 0.25) is 0 Å². The number of hydrogen-bond acceptors (Lipinski definition) is 15. The highest BCUT2D eigenvalue weighted by molar-refractivity contribution is 5.88. The average Bonchev–Trinajstić information content (AvgIpc) is 2.95. The molecule has 15 nitrogen and oxygen atoms in total. The third-order valence-corrected chi connectivity index (χ3v) is 7.20. The smallest absolute Gasteiger partial charge is 0.239 e. The fraction of sp³-hybridized carbons (Fsp3) is 0.444. The molecule has 0 aliphatic carbocycles. The van der Waals surface area contributed by atoms with Gasteiger partial charge in [-0.05, 0) is 19.1 Å². The normalized spacial score (nSPS) is 33.5. The first-order valence-electron chi connectivity index (χ1n) is 12.9. The van der Waals surface area contributed by atoms with Crippen LogP contribution in [0.25, 0.3) is 22.3 Å². The third-order valence-electron chi connectivity index (χ3n) is 7.20. The molecular formula is C27H30O15. The highest BCUT2D eigenvalue weighted by Crippen LogP contribution is 2.40. The lowest BCUT2D eigenvalue weighted by molar-refractivity contribution is -0.318. The zero-order valence-corrected chi connectivity index (χ0v) is 21.9. The van der Waals surface area contributed by atoms with Gasteiger partial charge in [-0.3, -0.25) is 4.79 Å². The zero-order chi connectivity index (χ0) is 30.5. The number of aromatic hydroxyl groups is 3. The van der Waals surface area contributed by atoms with Gasteiger partial charge in [-0.2, -0.15) is 0 Å². The van der Waals surface area contributed by atoms with Crippen LogP contribution in [0.3, 0.4) is 0 Å². The summed E-state index contributed by atoms with van der Waals surface area (Å²) in [6.07, 6.45) is -15.9. The Labute approximate surface area is 236 Å². The van der Waals surface area contributed by atoms with E-state index >= 15 is 0 Å². The maximum Gasteiger partial charge on any atom is 0.239 e. The van der Waals surface area contributed by atoms with Gasteiger partial charge < -0.3 is 69.3 Å². The molecule has 5 rings (SSSR count). The first kappa shape index (κ1) is 30.0. The van der Waals surface area contributed by atoms with Crippen LogP contribution in [0.4, 0.5) is 0 Å². The maximum absolute atomic E-state index is 13.6. The van der Waals surface area contributed by atoms with Crippen molar-refractivity contribution in [1.29, 1.82) is 0 Å². The predicted molar refractivity (Wildman–Crippen MR) is 139 cm³/mol. The largest absolute Gasteiger partial charge is 0.508 e. The summed E-state index contributed by atoms with van der Waals surface area (Å²) in [6, 6.07) is 7.63. The molecule has 0 bridgehead atoms. The quantitative estimate of drug-likeness (QED) is 0.159. The van der Waals surface area contributed by atoms with Gasteiger partial charge in [-0.15, -0.1) is 0 Å². The summed E-state index contributed by atoms with van der Waals surface area (Å²) in [7, 11) is 0. The molecule has 228 valence electrons. The first-order valence-corrected chi connectivity index (χ1v) is 12.9. The van der Waals surface area contributed by atoms with Gasteiger partial charge >= 0.3 is 0 Å². The molecular weight excluding hydrogens is 564 g/mol. The molecule has 0 amide bonds. The minimum Gasteiger partial charge on any atom is -0.508 e. The molecule has 10 atom stereocenters. The molecule has 2 aliphatic heterocycles. The lowest BCUT2D eigenvalue weighted by Crippen LogP contribution is -2.61. The van der Waals surface area contributed by atoms with Crippen molar-refractivity contribution in [3.63, 3.8) is 0 Å². The lowest BCUT2D eigenvalue weighted by atomic mass is 9.98.